The summed E-state index contributed by atoms with van der Waals surface area (Å²) < 4.78 is 15.0. The summed E-state index contributed by atoms with van der Waals surface area (Å²) in [6, 6.07) is 13.7. The van der Waals surface area contributed by atoms with Crippen molar-refractivity contribution in [3.63, 3.8) is 0 Å². The van der Waals surface area contributed by atoms with Gasteiger partial charge in [0.1, 0.15) is 11.6 Å². The summed E-state index contributed by atoms with van der Waals surface area (Å²) in [4.78, 5) is 17.2. The van der Waals surface area contributed by atoms with Gasteiger partial charge in [-0.15, -0.1) is 0 Å². The zero-order valence-electron chi connectivity index (χ0n) is 14.7. The second kappa shape index (κ2) is 7.05. The molecule has 1 N–H and O–H groups in total. The maximum absolute atomic E-state index is 13.0. The molecule has 0 saturated heterocycles. The number of carbonyl (C=O) groups is 1. The quantitative estimate of drug-likeness (QED) is 0.769. The second-order valence-corrected chi connectivity index (χ2v) is 6.61. The first-order valence-corrected chi connectivity index (χ1v) is 8.41. The summed E-state index contributed by atoms with van der Waals surface area (Å²) in [6.45, 7) is 4.12. The van der Waals surface area contributed by atoms with Crippen molar-refractivity contribution in [1.29, 1.82) is 0 Å². The molecule has 1 atom stereocenters. The molecule has 3 rings (SSSR count). The minimum atomic E-state index is -0.302. The number of hydrogen-bond donors (Lipinski definition) is 1. The van der Waals surface area contributed by atoms with Crippen molar-refractivity contribution in [3.05, 3.63) is 65.7 Å². The molecule has 0 saturated carbocycles. The zero-order chi connectivity index (χ0) is 18.0. The van der Waals surface area contributed by atoms with Crippen LogP contribution in [0.15, 0.2) is 48.5 Å². The summed E-state index contributed by atoms with van der Waals surface area (Å²) in [7, 11) is 1.96. The van der Waals surface area contributed by atoms with E-state index in [0.717, 1.165) is 22.4 Å². The number of fused-ring (bicyclic) bond motifs is 1. The van der Waals surface area contributed by atoms with Crippen molar-refractivity contribution in [2.45, 2.75) is 26.3 Å². The number of nitrogens with zero attached hydrogens (tertiary/aromatic N) is 2. The number of imidazole rings is 1. The molecule has 0 radical (unpaired) electrons. The highest BCUT2D eigenvalue weighted by Crippen LogP contribution is 2.24. The van der Waals surface area contributed by atoms with Crippen LogP contribution >= 0.6 is 0 Å². The van der Waals surface area contributed by atoms with Gasteiger partial charge in [0.05, 0.1) is 23.5 Å². The lowest BCUT2D eigenvalue weighted by atomic mass is 10.0. The number of halogens is 1. The van der Waals surface area contributed by atoms with Crippen LogP contribution in [0.2, 0.25) is 0 Å². The monoisotopic (exact) mass is 339 g/mol. The largest absolute Gasteiger partial charge is 0.346 e. The van der Waals surface area contributed by atoms with Crippen molar-refractivity contribution in [1.82, 2.24) is 14.9 Å². The Bertz CT molecular complexity index is 884. The first-order chi connectivity index (χ1) is 12.0. The SMILES string of the molecule is CC(C)C(NC(=O)Cc1ccc(F)cc1)c1nc2ccccc2n1C. The van der Waals surface area contributed by atoms with Crippen molar-refractivity contribution in [3.8, 4) is 0 Å². The van der Waals surface area contributed by atoms with Gasteiger partial charge in [0.15, 0.2) is 0 Å². The van der Waals surface area contributed by atoms with E-state index in [4.69, 9.17) is 4.98 Å². The van der Waals surface area contributed by atoms with Crippen molar-refractivity contribution < 1.29 is 9.18 Å². The third-order valence-electron chi connectivity index (χ3n) is 4.36. The predicted molar refractivity (Wildman–Crippen MR) is 96.5 cm³/mol. The lowest BCUT2D eigenvalue weighted by molar-refractivity contribution is -0.121. The Kier molecular flexibility index (Phi) is 4.83. The lowest BCUT2D eigenvalue weighted by Gasteiger charge is -2.22. The van der Waals surface area contributed by atoms with Gasteiger partial charge < -0.3 is 9.88 Å². The third-order valence-corrected chi connectivity index (χ3v) is 4.36. The number of amides is 1. The summed E-state index contributed by atoms with van der Waals surface area (Å²) in [5.41, 5.74) is 2.74. The van der Waals surface area contributed by atoms with E-state index in [-0.39, 0.29) is 30.1 Å². The van der Waals surface area contributed by atoms with E-state index in [1.165, 1.54) is 12.1 Å². The first kappa shape index (κ1) is 17.1. The molecule has 0 aliphatic carbocycles. The van der Waals surface area contributed by atoms with Crippen LogP contribution in [0.3, 0.4) is 0 Å². The lowest BCUT2D eigenvalue weighted by Crippen LogP contribution is -2.34. The van der Waals surface area contributed by atoms with Gasteiger partial charge in [-0.3, -0.25) is 4.79 Å². The van der Waals surface area contributed by atoms with E-state index >= 15 is 0 Å². The average molecular weight is 339 g/mol. The molecule has 25 heavy (non-hydrogen) atoms. The molecule has 1 amide bonds. The van der Waals surface area contributed by atoms with Crippen molar-refractivity contribution >= 4 is 16.9 Å². The van der Waals surface area contributed by atoms with Gasteiger partial charge in [0.25, 0.3) is 0 Å². The topological polar surface area (TPSA) is 46.9 Å². The molecule has 0 aliphatic rings. The van der Waals surface area contributed by atoms with Crippen molar-refractivity contribution in [2.75, 3.05) is 0 Å². The van der Waals surface area contributed by atoms with Gasteiger partial charge in [-0.2, -0.15) is 0 Å². The van der Waals surface area contributed by atoms with Crippen LogP contribution in [0.25, 0.3) is 11.0 Å². The predicted octanol–water partition coefficient (Wildman–Crippen LogP) is 3.77. The van der Waals surface area contributed by atoms with Crippen LogP contribution in [0.5, 0.6) is 0 Å². The highest BCUT2D eigenvalue weighted by Gasteiger charge is 2.23. The number of nitrogens with one attached hydrogen (secondary N) is 1. The number of para-hydroxylation sites is 2. The molecule has 0 fully saturated rings. The first-order valence-electron chi connectivity index (χ1n) is 8.41. The number of rotatable bonds is 5. The van der Waals surface area contributed by atoms with E-state index in [1.807, 2.05) is 35.9 Å². The Morgan fingerprint density at radius 1 is 1.16 bits per heavy atom. The summed E-state index contributed by atoms with van der Waals surface area (Å²) in [5, 5.41) is 3.08. The minimum absolute atomic E-state index is 0.0997. The number of aromatic nitrogens is 2. The molecule has 4 nitrogen and oxygen atoms in total. The van der Waals surface area contributed by atoms with Crippen LogP contribution in [0.4, 0.5) is 4.39 Å². The second-order valence-electron chi connectivity index (χ2n) is 6.61. The molecular weight excluding hydrogens is 317 g/mol. The Balaban J connectivity index is 1.82. The highest BCUT2D eigenvalue weighted by molar-refractivity contribution is 5.79. The van der Waals surface area contributed by atoms with E-state index in [1.54, 1.807) is 12.1 Å². The average Bonchev–Trinajstić information content (AvgIpc) is 2.91. The molecule has 3 aromatic rings. The molecule has 1 unspecified atom stereocenters. The van der Waals surface area contributed by atoms with Crippen LogP contribution in [0.1, 0.15) is 31.3 Å². The fourth-order valence-corrected chi connectivity index (χ4v) is 2.98. The van der Waals surface area contributed by atoms with Gasteiger partial charge in [-0.25, -0.2) is 9.37 Å². The Morgan fingerprint density at radius 3 is 2.48 bits per heavy atom. The minimum Gasteiger partial charge on any atom is -0.346 e. The Morgan fingerprint density at radius 2 is 1.84 bits per heavy atom. The maximum Gasteiger partial charge on any atom is 0.225 e. The van der Waals surface area contributed by atoms with Crippen LogP contribution in [-0.4, -0.2) is 15.5 Å². The van der Waals surface area contributed by atoms with Gasteiger partial charge in [0.2, 0.25) is 5.91 Å². The molecule has 0 bridgehead atoms. The highest BCUT2D eigenvalue weighted by atomic mass is 19.1. The molecule has 0 spiro atoms. The molecule has 1 heterocycles. The zero-order valence-corrected chi connectivity index (χ0v) is 14.7. The summed E-state index contributed by atoms with van der Waals surface area (Å²) in [6.07, 6.45) is 0.216. The molecule has 5 heteroatoms. The van der Waals surface area contributed by atoms with Gasteiger partial charge in [-0.05, 0) is 35.7 Å². The van der Waals surface area contributed by atoms with Crippen LogP contribution in [-0.2, 0) is 18.3 Å². The van der Waals surface area contributed by atoms with E-state index in [0.29, 0.717) is 0 Å². The molecular formula is C20H22FN3O. The Hall–Kier alpha value is -2.69. The molecule has 0 aliphatic heterocycles. The summed E-state index contributed by atoms with van der Waals surface area (Å²) in [5.74, 6) is 0.623. The normalized spacial score (nSPS) is 12.5. The van der Waals surface area contributed by atoms with Gasteiger partial charge >= 0.3 is 0 Å². The van der Waals surface area contributed by atoms with Gasteiger partial charge in [-0.1, -0.05) is 38.1 Å². The smallest absolute Gasteiger partial charge is 0.225 e. The maximum atomic E-state index is 13.0. The van der Waals surface area contributed by atoms with E-state index in [9.17, 15) is 9.18 Å². The molecule has 2 aromatic carbocycles. The van der Waals surface area contributed by atoms with E-state index in [2.05, 4.69) is 19.2 Å². The Labute approximate surface area is 146 Å². The third kappa shape index (κ3) is 3.71. The number of aryl methyl sites for hydroxylation is 1. The van der Waals surface area contributed by atoms with E-state index < -0.39 is 0 Å². The number of carbonyl (C=O) groups excluding carboxylic acids is 1. The standard InChI is InChI=1S/C20H22FN3O/c1-13(2)19(20-22-16-6-4-5-7-17(16)24(20)3)23-18(25)12-14-8-10-15(21)11-9-14/h4-11,13,19H,12H2,1-3H3,(H,23,25). The molecule has 1 aromatic heterocycles. The van der Waals surface area contributed by atoms with Gasteiger partial charge in [0, 0.05) is 7.05 Å². The fraction of sp³-hybridized carbons (Fsp3) is 0.300. The number of hydrogen-bond acceptors (Lipinski definition) is 2. The van der Waals surface area contributed by atoms with Crippen molar-refractivity contribution in [2.24, 2.45) is 13.0 Å². The number of benzene rings is 2. The van der Waals surface area contributed by atoms with Crippen LogP contribution in [0, 0.1) is 11.7 Å². The fourth-order valence-electron chi connectivity index (χ4n) is 2.98. The summed E-state index contributed by atoms with van der Waals surface area (Å²) >= 11 is 0. The molecule has 130 valence electrons. The van der Waals surface area contributed by atoms with Crippen LogP contribution < -0.4 is 5.32 Å².